The fourth-order valence-electron chi connectivity index (χ4n) is 2.78. The lowest BCUT2D eigenvalue weighted by Gasteiger charge is -2.34. The summed E-state index contributed by atoms with van der Waals surface area (Å²) in [6.45, 7) is 5.00. The summed E-state index contributed by atoms with van der Waals surface area (Å²) in [4.78, 5) is 2.16. The lowest BCUT2D eigenvalue weighted by Crippen LogP contribution is -2.38. The molecule has 0 aromatic heterocycles. The van der Waals surface area contributed by atoms with E-state index in [2.05, 4.69) is 18.7 Å². The van der Waals surface area contributed by atoms with Gasteiger partial charge >= 0.3 is 6.18 Å². The van der Waals surface area contributed by atoms with Crippen LogP contribution in [0.5, 0.6) is 0 Å². The lowest BCUT2D eigenvalue weighted by atomic mass is 10.00. The zero-order valence-electron chi connectivity index (χ0n) is 11.2. The van der Waals surface area contributed by atoms with E-state index in [0.717, 1.165) is 31.1 Å². The van der Waals surface area contributed by atoms with E-state index in [-0.39, 0.29) is 17.6 Å². The van der Waals surface area contributed by atoms with Gasteiger partial charge in [0.25, 0.3) is 0 Å². The summed E-state index contributed by atoms with van der Waals surface area (Å²) in [5.74, 6) is 0. The first kappa shape index (κ1) is 14.2. The van der Waals surface area contributed by atoms with Crippen molar-refractivity contribution in [2.75, 3.05) is 11.4 Å². The van der Waals surface area contributed by atoms with Crippen LogP contribution in [-0.2, 0) is 12.7 Å². The molecular weight excluding hydrogens is 253 g/mol. The van der Waals surface area contributed by atoms with Crippen molar-refractivity contribution in [2.45, 2.75) is 44.9 Å². The maximum atomic E-state index is 12.8. The summed E-state index contributed by atoms with van der Waals surface area (Å²) in [6.07, 6.45) is -2.23. The van der Waals surface area contributed by atoms with Crippen molar-refractivity contribution in [3.8, 4) is 0 Å². The highest BCUT2D eigenvalue weighted by Crippen LogP contribution is 2.37. The number of hydrogen-bond donors (Lipinski definition) is 1. The second-order valence-corrected chi connectivity index (χ2v) is 5.61. The largest absolute Gasteiger partial charge is 0.416 e. The van der Waals surface area contributed by atoms with E-state index < -0.39 is 11.7 Å². The highest BCUT2D eigenvalue weighted by Gasteiger charge is 2.35. The molecule has 106 valence electrons. The minimum atomic E-state index is -4.34. The molecule has 0 bridgehead atoms. The second-order valence-electron chi connectivity index (χ2n) is 5.61. The molecule has 1 saturated heterocycles. The summed E-state index contributed by atoms with van der Waals surface area (Å²) in [5.41, 5.74) is 5.82. The highest BCUT2D eigenvalue weighted by atomic mass is 19.4. The van der Waals surface area contributed by atoms with E-state index in [1.54, 1.807) is 12.1 Å². The van der Waals surface area contributed by atoms with Crippen molar-refractivity contribution in [1.29, 1.82) is 0 Å². The topological polar surface area (TPSA) is 29.3 Å². The van der Waals surface area contributed by atoms with E-state index in [9.17, 15) is 13.2 Å². The smallest absolute Gasteiger partial charge is 0.366 e. The van der Waals surface area contributed by atoms with Crippen LogP contribution in [0.3, 0.4) is 0 Å². The normalized spacial score (nSPS) is 18.9. The first-order valence-electron chi connectivity index (χ1n) is 6.43. The average molecular weight is 272 g/mol. The Morgan fingerprint density at radius 1 is 1.32 bits per heavy atom. The van der Waals surface area contributed by atoms with E-state index in [1.807, 2.05) is 0 Å². The van der Waals surface area contributed by atoms with Crippen LogP contribution < -0.4 is 10.6 Å². The Balaban J connectivity index is 2.40. The molecule has 1 aliphatic heterocycles. The molecule has 0 saturated carbocycles. The summed E-state index contributed by atoms with van der Waals surface area (Å²) >= 11 is 0. The Bertz CT molecular complexity index is 466. The molecule has 0 amide bonds. The van der Waals surface area contributed by atoms with Gasteiger partial charge in [-0.25, -0.2) is 0 Å². The minimum absolute atomic E-state index is 0.00832. The molecule has 1 aliphatic rings. The second kappa shape index (κ2) is 4.71. The molecule has 0 atom stereocenters. The summed E-state index contributed by atoms with van der Waals surface area (Å²) in [7, 11) is 0. The highest BCUT2D eigenvalue weighted by molar-refractivity contribution is 5.54. The Morgan fingerprint density at radius 2 is 2.00 bits per heavy atom. The van der Waals surface area contributed by atoms with Crippen LogP contribution in [0, 0.1) is 0 Å². The van der Waals surface area contributed by atoms with Gasteiger partial charge in [0.05, 0.1) is 5.56 Å². The first-order valence-corrected chi connectivity index (χ1v) is 6.43. The fourth-order valence-corrected chi connectivity index (χ4v) is 2.78. The van der Waals surface area contributed by atoms with Gasteiger partial charge in [0.15, 0.2) is 0 Å². The predicted octanol–water partition coefficient (Wildman–Crippen LogP) is 3.54. The molecule has 1 fully saturated rings. The molecule has 2 rings (SSSR count). The van der Waals surface area contributed by atoms with E-state index in [0.29, 0.717) is 0 Å². The maximum Gasteiger partial charge on any atom is 0.416 e. The van der Waals surface area contributed by atoms with Crippen molar-refractivity contribution >= 4 is 5.69 Å². The van der Waals surface area contributed by atoms with Crippen molar-refractivity contribution in [3.63, 3.8) is 0 Å². The van der Waals surface area contributed by atoms with Gasteiger partial charge in [-0.15, -0.1) is 0 Å². The van der Waals surface area contributed by atoms with Crippen LogP contribution in [0.25, 0.3) is 0 Å². The average Bonchev–Trinajstić information content (AvgIpc) is 2.67. The quantitative estimate of drug-likeness (QED) is 0.892. The maximum absolute atomic E-state index is 12.8. The monoisotopic (exact) mass is 272 g/mol. The van der Waals surface area contributed by atoms with Crippen molar-refractivity contribution in [1.82, 2.24) is 0 Å². The molecule has 1 aromatic rings. The van der Waals surface area contributed by atoms with Gasteiger partial charge in [-0.2, -0.15) is 13.2 Å². The number of halogens is 3. The van der Waals surface area contributed by atoms with Gasteiger partial charge in [-0.3, -0.25) is 0 Å². The molecule has 0 radical (unpaired) electrons. The van der Waals surface area contributed by atoms with Crippen LogP contribution in [0.2, 0.25) is 0 Å². The van der Waals surface area contributed by atoms with Crippen LogP contribution in [-0.4, -0.2) is 12.1 Å². The fraction of sp³-hybridized carbons (Fsp3) is 0.571. The third-order valence-electron chi connectivity index (χ3n) is 3.83. The van der Waals surface area contributed by atoms with E-state index >= 15 is 0 Å². The summed E-state index contributed by atoms with van der Waals surface area (Å²) in [5, 5.41) is 0. The van der Waals surface area contributed by atoms with Crippen LogP contribution >= 0.6 is 0 Å². The standard InChI is InChI=1S/C14H19F3N2/c1-13(2)6-3-7-19(13)11-4-5-12(14(15,16)17)10(8-11)9-18/h4-5,8H,3,6-7,9,18H2,1-2H3. The molecule has 5 heteroatoms. The number of benzene rings is 1. The zero-order valence-corrected chi connectivity index (χ0v) is 11.2. The molecule has 0 unspecified atom stereocenters. The lowest BCUT2D eigenvalue weighted by molar-refractivity contribution is -0.138. The van der Waals surface area contributed by atoms with Crippen LogP contribution in [0.4, 0.5) is 18.9 Å². The van der Waals surface area contributed by atoms with E-state index in [4.69, 9.17) is 5.73 Å². The Morgan fingerprint density at radius 3 is 2.47 bits per heavy atom. The minimum Gasteiger partial charge on any atom is -0.366 e. The van der Waals surface area contributed by atoms with Gasteiger partial charge in [0.2, 0.25) is 0 Å². The zero-order chi connectivity index (χ0) is 14.3. The molecule has 2 nitrogen and oxygen atoms in total. The number of alkyl halides is 3. The summed E-state index contributed by atoms with van der Waals surface area (Å²) in [6, 6.07) is 4.27. The molecule has 0 spiro atoms. The molecule has 0 aliphatic carbocycles. The van der Waals surface area contributed by atoms with Crippen molar-refractivity contribution < 1.29 is 13.2 Å². The van der Waals surface area contributed by atoms with Gasteiger partial charge in [-0.1, -0.05) is 0 Å². The SMILES string of the molecule is CC1(C)CCCN1c1ccc(C(F)(F)F)c(CN)c1. The Kier molecular flexibility index (Phi) is 3.51. The van der Waals surface area contributed by atoms with Crippen LogP contribution in [0.1, 0.15) is 37.8 Å². The number of anilines is 1. The van der Waals surface area contributed by atoms with Gasteiger partial charge in [-0.05, 0) is 50.5 Å². The third kappa shape index (κ3) is 2.71. The Labute approximate surface area is 111 Å². The van der Waals surface area contributed by atoms with Gasteiger partial charge < -0.3 is 10.6 Å². The van der Waals surface area contributed by atoms with Crippen molar-refractivity contribution in [3.05, 3.63) is 29.3 Å². The summed E-state index contributed by atoms with van der Waals surface area (Å²) < 4.78 is 38.5. The molecule has 1 heterocycles. The molecular formula is C14H19F3N2. The first-order chi connectivity index (χ1) is 8.75. The van der Waals surface area contributed by atoms with Gasteiger partial charge in [0, 0.05) is 24.3 Å². The molecule has 2 N–H and O–H groups in total. The number of hydrogen-bond acceptors (Lipinski definition) is 2. The Hall–Kier alpha value is -1.23. The molecule has 19 heavy (non-hydrogen) atoms. The van der Waals surface area contributed by atoms with Gasteiger partial charge in [0.1, 0.15) is 0 Å². The number of rotatable bonds is 2. The van der Waals surface area contributed by atoms with Crippen LogP contribution in [0.15, 0.2) is 18.2 Å². The molecule has 1 aromatic carbocycles. The number of nitrogens with zero attached hydrogens (tertiary/aromatic N) is 1. The predicted molar refractivity (Wildman–Crippen MR) is 70.0 cm³/mol. The van der Waals surface area contributed by atoms with E-state index in [1.165, 1.54) is 0 Å². The third-order valence-corrected chi connectivity index (χ3v) is 3.83. The van der Waals surface area contributed by atoms with Crippen molar-refractivity contribution in [2.24, 2.45) is 5.73 Å². The number of nitrogens with two attached hydrogens (primary N) is 1.